The van der Waals surface area contributed by atoms with Crippen LogP contribution in [0.15, 0.2) is 6.07 Å². The van der Waals surface area contributed by atoms with Crippen LogP contribution in [0.5, 0.6) is 28.7 Å². The van der Waals surface area contributed by atoms with Crippen LogP contribution in [0.2, 0.25) is 0 Å². The quantitative estimate of drug-likeness (QED) is 0.301. The number of nitrogens with zero attached hydrogens (tertiary/aromatic N) is 3. The zero-order chi connectivity index (χ0) is 40.8. The van der Waals surface area contributed by atoms with E-state index in [4.69, 9.17) is 28.4 Å². The number of aromatic hydroxyl groups is 1. The van der Waals surface area contributed by atoms with Crippen molar-refractivity contribution >= 4 is 35.7 Å². The number of carbonyl (C=O) groups is 4. The minimum Gasteiger partial charge on any atom is -0.504 e. The summed E-state index contributed by atoms with van der Waals surface area (Å²) in [6.07, 6.45) is -0.287. The first-order valence-electron chi connectivity index (χ1n) is 19.3. The van der Waals surface area contributed by atoms with Crippen LogP contribution in [-0.4, -0.2) is 125 Å². The van der Waals surface area contributed by atoms with Crippen molar-refractivity contribution in [3.63, 3.8) is 0 Å². The molecule has 3 fully saturated rings. The van der Waals surface area contributed by atoms with E-state index in [-0.39, 0.29) is 30.7 Å². The van der Waals surface area contributed by atoms with Crippen molar-refractivity contribution in [3.8, 4) is 28.7 Å². The zero-order valence-electron chi connectivity index (χ0n) is 33.4. The molecule has 0 radical (unpaired) electrons. The van der Waals surface area contributed by atoms with Gasteiger partial charge >= 0.3 is 18.0 Å². The summed E-state index contributed by atoms with van der Waals surface area (Å²) in [6.45, 7) is 10.2. The van der Waals surface area contributed by atoms with Crippen molar-refractivity contribution in [2.45, 2.75) is 114 Å². The van der Waals surface area contributed by atoms with Crippen molar-refractivity contribution in [1.82, 2.24) is 20.0 Å². The highest BCUT2D eigenvalue weighted by atomic mass is 32.2. The van der Waals surface area contributed by atoms with Gasteiger partial charge in [-0.2, -0.15) is 0 Å². The molecule has 0 unspecified atom stereocenters. The predicted octanol–water partition coefficient (Wildman–Crippen LogP) is 3.54. The Bertz CT molecular complexity index is 2040. The molecule has 3 saturated heterocycles. The molecule has 0 spiro atoms. The maximum atomic E-state index is 14.1. The second-order valence-corrected chi connectivity index (χ2v) is 17.8. The molecule has 0 aliphatic carbocycles. The molecule has 3 N–H and O–H groups in total. The lowest BCUT2D eigenvalue weighted by atomic mass is 9.73. The van der Waals surface area contributed by atoms with Crippen molar-refractivity contribution in [2.24, 2.45) is 0 Å². The maximum absolute atomic E-state index is 14.1. The van der Waals surface area contributed by atoms with Gasteiger partial charge in [0.1, 0.15) is 36.3 Å². The van der Waals surface area contributed by atoms with Crippen LogP contribution < -0.4 is 24.3 Å². The van der Waals surface area contributed by atoms with E-state index in [0.717, 1.165) is 11.1 Å². The third kappa shape index (κ3) is 6.41. The van der Waals surface area contributed by atoms with E-state index in [1.807, 2.05) is 24.9 Å². The fourth-order valence-electron chi connectivity index (χ4n) is 9.72. The highest BCUT2D eigenvalue weighted by Gasteiger charge is 2.60. The van der Waals surface area contributed by atoms with Gasteiger partial charge in [-0.1, -0.05) is 6.07 Å². The van der Waals surface area contributed by atoms with Gasteiger partial charge in [0.15, 0.2) is 23.0 Å². The third-order valence-electron chi connectivity index (χ3n) is 12.0. The maximum Gasteiger partial charge on any atom is 0.410 e. The van der Waals surface area contributed by atoms with Gasteiger partial charge in [-0.15, -0.1) is 11.8 Å². The molecule has 17 heteroatoms. The standard InChI is InChI=1S/C40H50N4O12S/c1-17-12-20-13-23-37(48)44-24-14-52-38(49)21(41-36(47)22-10-9-11-43(22)39(50)56-40(4,5)6)15-57-35(29(44)28(42(23)7)25(20)30(46)31(17)51-8)27-26(24)34-33(53-16-54-34)18(2)32(27)55-19(3)45/h12,21-24,28-29,35,37,46,48H,9-11,13-16H2,1-8H3,(H,41,47)/t21-,22-,23-,24-,28+,29+,35+,37-/m0/s1. The highest BCUT2D eigenvalue weighted by molar-refractivity contribution is 7.99. The Hall–Kier alpha value is -4.45. The summed E-state index contributed by atoms with van der Waals surface area (Å²) in [5.74, 6) is -0.317. The number of hydrogen-bond acceptors (Lipinski definition) is 15. The molecule has 2 aromatic carbocycles. The number of aliphatic hydroxyl groups excluding tert-OH is 1. The van der Waals surface area contributed by atoms with Crippen LogP contribution in [-0.2, 0) is 30.3 Å². The van der Waals surface area contributed by atoms with Gasteiger partial charge in [-0.05, 0) is 72.1 Å². The Labute approximate surface area is 335 Å². The first-order chi connectivity index (χ1) is 27.0. The summed E-state index contributed by atoms with van der Waals surface area (Å²) < 4.78 is 35.5. The Kier molecular flexibility index (Phi) is 9.97. The molecule has 2 amide bonds. The Morgan fingerprint density at radius 2 is 1.79 bits per heavy atom. The number of likely N-dealkylation sites (tertiary alicyclic amines) is 1. The first-order valence-corrected chi connectivity index (χ1v) is 20.4. The summed E-state index contributed by atoms with van der Waals surface area (Å²) in [5, 5.41) is 26.7. The summed E-state index contributed by atoms with van der Waals surface area (Å²) in [4.78, 5) is 59.4. The smallest absolute Gasteiger partial charge is 0.410 e. The van der Waals surface area contributed by atoms with Gasteiger partial charge in [0.25, 0.3) is 0 Å². The molecule has 7 heterocycles. The van der Waals surface area contributed by atoms with Crippen LogP contribution in [0.1, 0.15) is 91.3 Å². The number of likely N-dealkylation sites (N-methyl/N-ethyl adjacent to an activating group) is 1. The number of piperazine rings is 1. The number of thioether (sulfide) groups is 1. The summed E-state index contributed by atoms with van der Waals surface area (Å²) in [7, 11) is 3.43. The number of carbonyl (C=O) groups excluding carboxylic acids is 4. The monoisotopic (exact) mass is 810 g/mol. The Balaban J connectivity index is 1.26. The number of phenolic OH excluding ortho intramolecular Hbond substituents is 1. The van der Waals surface area contributed by atoms with E-state index in [2.05, 4.69) is 10.2 Å². The normalized spacial score (nSPS) is 29.1. The van der Waals surface area contributed by atoms with E-state index in [9.17, 15) is 29.4 Å². The van der Waals surface area contributed by atoms with E-state index in [1.165, 1.54) is 30.7 Å². The zero-order valence-corrected chi connectivity index (χ0v) is 34.2. The number of benzene rings is 2. The molecular weight excluding hydrogens is 761 g/mol. The van der Waals surface area contributed by atoms with Crippen LogP contribution in [0.3, 0.4) is 0 Å². The van der Waals surface area contributed by atoms with Crippen LogP contribution >= 0.6 is 11.8 Å². The van der Waals surface area contributed by atoms with E-state index >= 15 is 0 Å². The lowest BCUT2D eigenvalue weighted by Gasteiger charge is -2.62. The summed E-state index contributed by atoms with van der Waals surface area (Å²) in [5.41, 5.74) is 3.25. The molecule has 8 atom stereocenters. The second kappa shape index (κ2) is 14.4. The van der Waals surface area contributed by atoms with Crippen molar-refractivity contribution in [1.29, 1.82) is 0 Å². The molecule has 0 saturated carbocycles. The van der Waals surface area contributed by atoms with Crippen LogP contribution in [0.25, 0.3) is 0 Å². The Morgan fingerprint density at radius 1 is 1.05 bits per heavy atom. The van der Waals surface area contributed by atoms with Gasteiger partial charge in [0, 0.05) is 47.5 Å². The third-order valence-corrected chi connectivity index (χ3v) is 13.4. The number of aryl methyl sites for hydroxylation is 1. The number of fused-ring (bicyclic) bond motifs is 10. The minimum absolute atomic E-state index is 0.00185. The van der Waals surface area contributed by atoms with E-state index in [1.54, 1.807) is 27.7 Å². The predicted molar refractivity (Wildman–Crippen MR) is 204 cm³/mol. The first kappa shape index (κ1) is 39.4. The minimum atomic E-state index is -1.14. The van der Waals surface area contributed by atoms with Crippen molar-refractivity contribution in [3.05, 3.63) is 39.4 Å². The van der Waals surface area contributed by atoms with Crippen LogP contribution in [0, 0.1) is 13.8 Å². The number of amides is 2. The molecule has 7 aliphatic heterocycles. The van der Waals surface area contributed by atoms with Crippen molar-refractivity contribution in [2.75, 3.05) is 39.9 Å². The fraction of sp³-hybridized carbons (Fsp3) is 0.600. The number of nitrogens with one attached hydrogen (secondary N) is 1. The number of aliphatic hydroxyl groups is 1. The molecule has 9 rings (SSSR count). The average molecular weight is 811 g/mol. The van der Waals surface area contributed by atoms with Crippen LogP contribution in [0.4, 0.5) is 4.79 Å². The van der Waals surface area contributed by atoms with Crippen molar-refractivity contribution < 1.29 is 57.8 Å². The number of methoxy groups -OCH3 is 1. The highest BCUT2D eigenvalue weighted by Crippen LogP contribution is 2.64. The molecule has 0 aromatic heterocycles. The van der Waals surface area contributed by atoms with Gasteiger partial charge in [-0.3, -0.25) is 24.3 Å². The molecule has 7 aliphatic rings. The number of hydrogen-bond donors (Lipinski definition) is 3. The molecule has 57 heavy (non-hydrogen) atoms. The largest absolute Gasteiger partial charge is 0.504 e. The average Bonchev–Trinajstić information content (AvgIpc) is 3.83. The number of ether oxygens (including phenoxy) is 6. The molecular formula is C40H50N4O12S. The van der Waals surface area contributed by atoms with E-state index < -0.39 is 77.3 Å². The molecule has 2 aromatic rings. The second-order valence-electron chi connectivity index (χ2n) is 16.6. The van der Waals surface area contributed by atoms with Gasteiger partial charge in [-0.25, -0.2) is 9.59 Å². The van der Waals surface area contributed by atoms with Gasteiger partial charge in [0.2, 0.25) is 12.7 Å². The number of rotatable bonds is 4. The molecule has 4 bridgehead atoms. The van der Waals surface area contributed by atoms with Gasteiger partial charge < -0.3 is 44.0 Å². The summed E-state index contributed by atoms with van der Waals surface area (Å²) in [6, 6.07) is -2.42. The Morgan fingerprint density at radius 3 is 2.49 bits per heavy atom. The fourth-order valence-corrected chi connectivity index (χ4v) is 11.2. The van der Waals surface area contributed by atoms with Gasteiger partial charge in [0.05, 0.1) is 30.5 Å². The topological polar surface area (TPSA) is 186 Å². The molecule has 16 nitrogen and oxygen atoms in total. The molecule has 308 valence electrons. The number of phenols is 1. The number of esters is 2. The lowest BCUT2D eigenvalue weighted by Crippen LogP contribution is -2.69. The lowest BCUT2D eigenvalue weighted by molar-refractivity contribution is -0.184. The van der Waals surface area contributed by atoms with E-state index in [0.29, 0.717) is 65.3 Å². The SMILES string of the molecule is COc1c(C)cc2c(c1O)[C@@H]1[C@@H]3[C@@H]4SC[C@H](NC(=O)[C@@H]5CCCN5C(=O)OC(C)(C)C)C(=O)OC[C@@H](c5c6c(c(C)c(OC(C)=O)c54)OCO6)N3[C@@H](O)[C@H](C2)N1C. The summed E-state index contributed by atoms with van der Waals surface area (Å²) >= 11 is 1.33.